The predicted molar refractivity (Wildman–Crippen MR) is 77.8 cm³/mol. The highest BCUT2D eigenvalue weighted by Crippen LogP contribution is 2.28. The van der Waals surface area contributed by atoms with Crippen molar-refractivity contribution in [1.82, 2.24) is 9.55 Å². The van der Waals surface area contributed by atoms with Crippen LogP contribution in [-0.4, -0.2) is 15.8 Å². The topological polar surface area (TPSA) is 52.0 Å². The first-order valence-corrected chi connectivity index (χ1v) is 6.22. The Hall–Kier alpha value is -2.75. The monoisotopic (exact) mass is 264 g/mol. The van der Waals surface area contributed by atoms with Gasteiger partial charge in [0.15, 0.2) is 6.29 Å². The lowest BCUT2D eigenvalue weighted by atomic mass is 9.99. The highest BCUT2D eigenvalue weighted by Gasteiger charge is 2.15. The molecule has 4 heteroatoms. The first-order valence-electron chi connectivity index (χ1n) is 6.22. The highest BCUT2D eigenvalue weighted by atomic mass is 16.1. The van der Waals surface area contributed by atoms with Gasteiger partial charge in [-0.15, -0.1) is 0 Å². The summed E-state index contributed by atoms with van der Waals surface area (Å²) in [5.74, 6) is 0. The number of carbonyl (C=O) groups excluding carboxylic acids is 1. The average Bonchev–Trinajstić information content (AvgIpc) is 2.51. The summed E-state index contributed by atoms with van der Waals surface area (Å²) in [5, 5.41) is 0.698. The smallest absolute Gasteiger partial charge is 0.277 e. The normalized spacial score (nSPS) is 10.7. The molecule has 1 aromatic carbocycles. The van der Waals surface area contributed by atoms with Crippen molar-refractivity contribution >= 4 is 17.2 Å². The average molecular weight is 264 g/mol. The summed E-state index contributed by atoms with van der Waals surface area (Å²) in [4.78, 5) is 27.8. The van der Waals surface area contributed by atoms with Crippen LogP contribution in [0, 0.1) is 0 Å². The van der Waals surface area contributed by atoms with Crippen LogP contribution in [0.2, 0.25) is 0 Å². The van der Waals surface area contributed by atoms with Crippen LogP contribution in [0.25, 0.3) is 22.0 Å². The summed E-state index contributed by atoms with van der Waals surface area (Å²) < 4.78 is 1.35. The molecule has 0 radical (unpaired) electrons. The van der Waals surface area contributed by atoms with Gasteiger partial charge in [-0.1, -0.05) is 36.4 Å². The van der Waals surface area contributed by atoms with Crippen molar-refractivity contribution in [2.45, 2.75) is 0 Å². The van der Waals surface area contributed by atoms with E-state index in [1.807, 2.05) is 36.4 Å². The minimum absolute atomic E-state index is 0.262. The molecule has 0 aliphatic rings. The van der Waals surface area contributed by atoms with Gasteiger partial charge in [0.2, 0.25) is 0 Å². The lowest BCUT2D eigenvalue weighted by Crippen LogP contribution is -2.22. The van der Waals surface area contributed by atoms with Crippen LogP contribution >= 0.6 is 0 Å². The molecule has 0 fully saturated rings. The molecule has 2 aromatic heterocycles. The van der Waals surface area contributed by atoms with Crippen LogP contribution in [0.4, 0.5) is 0 Å². The molecule has 0 unspecified atom stereocenters. The Morgan fingerprint density at radius 1 is 1.10 bits per heavy atom. The number of benzene rings is 1. The van der Waals surface area contributed by atoms with Gasteiger partial charge in [0.05, 0.1) is 5.69 Å². The summed E-state index contributed by atoms with van der Waals surface area (Å²) in [7, 11) is 1.59. The van der Waals surface area contributed by atoms with E-state index in [0.29, 0.717) is 16.6 Å². The molecule has 0 aliphatic carbocycles. The van der Waals surface area contributed by atoms with E-state index in [1.54, 1.807) is 19.3 Å². The Kier molecular flexibility index (Phi) is 2.91. The Labute approximate surface area is 115 Å². The highest BCUT2D eigenvalue weighted by molar-refractivity contribution is 6.01. The molecule has 3 rings (SSSR count). The minimum atomic E-state index is -0.262. The minimum Gasteiger partial charge on any atom is -0.307 e. The van der Waals surface area contributed by atoms with Crippen LogP contribution in [0.3, 0.4) is 0 Å². The van der Waals surface area contributed by atoms with Crippen LogP contribution in [0.1, 0.15) is 10.5 Å². The molecule has 0 N–H and O–H groups in total. The first kappa shape index (κ1) is 12.3. The predicted octanol–water partition coefficient (Wildman–Crippen LogP) is 2.41. The van der Waals surface area contributed by atoms with E-state index >= 15 is 0 Å². The molecule has 3 aromatic rings. The Bertz CT molecular complexity index is 851. The van der Waals surface area contributed by atoms with E-state index in [9.17, 15) is 9.59 Å². The standard InChI is InChI=1S/C16H12N2O2/c1-18-13(10-19)14(11-6-3-2-4-7-11)12-8-5-9-17-15(12)16(18)20/h2-10H,1H3. The van der Waals surface area contributed by atoms with Crippen molar-refractivity contribution in [2.75, 3.05) is 0 Å². The second-order valence-corrected chi connectivity index (χ2v) is 4.51. The molecule has 4 nitrogen and oxygen atoms in total. The van der Waals surface area contributed by atoms with Gasteiger partial charge < -0.3 is 4.57 Å². The summed E-state index contributed by atoms with van der Waals surface area (Å²) >= 11 is 0. The summed E-state index contributed by atoms with van der Waals surface area (Å²) in [6.07, 6.45) is 2.30. The molecular weight excluding hydrogens is 252 g/mol. The van der Waals surface area contributed by atoms with Gasteiger partial charge in [0, 0.05) is 24.2 Å². The molecule has 2 heterocycles. The quantitative estimate of drug-likeness (QED) is 0.668. The number of nitrogens with zero attached hydrogens (tertiary/aromatic N) is 2. The molecule has 0 spiro atoms. The van der Waals surface area contributed by atoms with Gasteiger partial charge in [0.25, 0.3) is 5.56 Å². The fourth-order valence-corrected chi connectivity index (χ4v) is 2.40. The van der Waals surface area contributed by atoms with Crippen molar-refractivity contribution in [3.05, 3.63) is 64.7 Å². The number of rotatable bonds is 2. The fraction of sp³-hybridized carbons (Fsp3) is 0.0625. The summed E-state index contributed by atoms with van der Waals surface area (Å²) in [5.41, 5.74) is 2.11. The Balaban J connectivity index is 2.56. The molecule has 0 atom stereocenters. The zero-order chi connectivity index (χ0) is 14.1. The van der Waals surface area contributed by atoms with Crippen molar-refractivity contribution in [2.24, 2.45) is 7.05 Å². The zero-order valence-electron chi connectivity index (χ0n) is 10.9. The van der Waals surface area contributed by atoms with Crippen LogP contribution in [0.15, 0.2) is 53.5 Å². The lowest BCUT2D eigenvalue weighted by molar-refractivity contribution is 0.111. The van der Waals surface area contributed by atoms with E-state index in [4.69, 9.17) is 0 Å². The molecule has 20 heavy (non-hydrogen) atoms. The van der Waals surface area contributed by atoms with Crippen molar-refractivity contribution < 1.29 is 4.79 Å². The zero-order valence-corrected chi connectivity index (χ0v) is 10.9. The number of hydrogen-bond donors (Lipinski definition) is 0. The lowest BCUT2D eigenvalue weighted by Gasteiger charge is -2.12. The molecule has 0 amide bonds. The third kappa shape index (κ3) is 1.73. The Morgan fingerprint density at radius 2 is 1.85 bits per heavy atom. The third-order valence-electron chi connectivity index (χ3n) is 3.38. The Morgan fingerprint density at radius 3 is 2.55 bits per heavy atom. The van der Waals surface area contributed by atoms with E-state index < -0.39 is 0 Å². The van der Waals surface area contributed by atoms with Gasteiger partial charge in [-0.2, -0.15) is 0 Å². The van der Waals surface area contributed by atoms with Crippen LogP contribution in [-0.2, 0) is 7.05 Å². The SMILES string of the molecule is Cn1c(C=O)c(-c2ccccc2)c2cccnc2c1=O. The molecule has 0 aliphatic heterocycles. The van der Waals surface area contributed by atoms with E-state index in [1.165, 1.54) is 4.57 Å². The van der Waals surface area contributed by atoms with Crippen molar-refractivity contribution in [3.63, 3.8) is 0 Å². The molecular formula is C16H12N2O2. The van der Waals surface area contributed by atoms with Gasteiger partial charge >= 0.3 is 0 Å². The summed E-state index contributed by atoms with van der Waals surface area (Å²) in [6.45, 7) is 0. The maximum absolute atomic E-state index is 12.2. The number of hydrogen-bond acceptors (Lipinski definition) is 3. The molecule has 0 saturated heterocycles. The van der Waals surface area contributed by atoms with Crippen molar-refractivity contribution in [3.8, 4) is 11.1 Å². The largest absolute Gasteiger partial charge is 0.307 e. The first-order chi connectivity index (χ1) is 9.74. The van der Waals surface area contributed by atoms with E-state index in [0.717, 1.165) is 17.4 Å². The number of fused-ring (bicyclic) bond motifs is 1. The number of aromatic nitrogens is 2. The molecule has 0 saturated carbocycles. The number of aldehydes is 1. The van der Waals surface area contributed by atoms with Gasteiger partial charge in [-0.3, -0.25) is 14.6 Å². The van der Waals surface area contributed by atoms with Gasteiger partial charge in [0.1, 0.15) is 5.52 Å². The van der Waals surface area contributed by atoms with Gasteiger partial charge in [-0.25, -0.2) is 0 Å². The van der Waals surface area contributed by atoms with E-state index in [-0.39, 0.29) is 5.56 Å². The summed E-state index contributed by atoms with van der Waals surface area (Å²) in [6, 6.07) is 13.1. The second kappa shape index (κ2) is 4.74. The number of carbonyl (C=O) groups is 1. The van der Waals surface area contributed by atoms with Crippen LogP contribution < -0.4 is 5.56 Å². The van der Waals surface area contributed by atoms with Gasteiger partial charge in [-0.05, 0) is 11.6 Å². The van der Waals surface area contributed by atoms with E-state index in [2.05, 4.69) is 4.98 Å². The maximum atomic E-state index is 12.2. The maximum Gasteiger partial charge on any atom is 0.277 e. The van der Waals surface area contributed by atoms with Crippen LogP contribution in [0.5, 0.6) is 0 Å². The fourth-order valence-electron chi connectivity index (χ4n) is 2.40. The third-order valence-corrected chi connectivity index (χ3v) is 3.38. The second-order valence-electron chi connectivity index (χ2n) is 4.51. The number of pyridine rings is 2. The van der Waals surface area contributed by atoms with Crippen molar-refractivity contribution in [1.29, 1.82) is 0 Å². The molecule has 98 valence electrons. The molecule has 0 bridgehead atoms.